The van der Waals surface area contributed by atoms with Crippen LogP contribution in [0.25, 0.3) is 5.70 Å². The Balaban J connectivity index is 1.63. The number of aliphatic imine (C=N–C) groups is 1. The van der Waals surface area contributed by atoms with E-state index in [1.54, 1.807) is 0 Å². The average molecular weight is 424 g/mol. The summed E-state index contributed by atoms with van der Waals surface area (Å²) >= 11 is 0. The fraction of sp³-hybridized carbons (Fsp3) is 0.276. The zero-order chi connectivity index (χ0) is 22.3. The van der Waals surface area contributed by atoms with E-state index >= 15 is 0 Å². The van der Waals surface area contributed by atoms with Gasteiger partial charge in [0.2, 0.25) is 0 Å². The van der Waals surface area contributed by atoms with Gasteiger partial charge in [-0.2, -0.15) is 0 Å². The van der Waals surface area contributed by atoms with Crippen LogP contribution < -0.4 is 11.1 Å². The molecule has 0 aromatic heterocycles. The Morgan fingerprint density at radius 3 is 2.31 bits per heavy atom. The number of nitrogen functional groups attached to an aromatic ring is 1. The number of anilines is 1. The number of nitrogens with zero attached hydrogens (tertiary/aromatic N) is 1. The predicted molar refractivity (Wildman–Crippen MR) is 137 cm³/mol. The Morgan fingerprint density at radius 2 is 1.59 bits per heavy atom. The summed E-state index contributed by atoms with van der Waals surface area (Å²) in [5, 5.41) is 3.52. The van der Waals surface area contributed by atoms with Crippen LogP contribution in [0.3, 0.4) is 0 Å². The number of hydrogen-bond donors (Lipinski definition) is 2. The number of amidine groups is 1. The maximum absolute atomic E-state index is 6.34. The first-order valence-electron chi connectivity index (χ1n) is 11.7. The highest BCUT2D eigenvalue weighted by atomic mass is 15.0. The smallest absolute Gasteiger partial charge is 0.135 e. The maximum Gasteiger partial charge on any atom is 0.135 e. The van der Waals surface area contributed by atoms with Crippen molar-refractivity contribution in [2.24, 2.45) is 4.99 Å². The molecule has 3 N–H and O–H groups in total. The van der Waals surface area contributed by atoms with Gasteiger partial charge in [-0.3, -0.25) is 4.99 Å². The van der Waals surface area contributed by atoms with Crippen molar-refractivity contribution in [3.05, 3.63) is 107 Å². The van der Waals surface area contributed by atoms with E-state index in [1.807, 2.05) is 24.3 Å². The lowest BCUT2D eigenvalue weighted by Crippen LogP contribution is -2.24. The van der Waals surface area contributed by atoms with Crippen molar-refractivity contribution in [1.82, 2.24) is 5.32 Å². The van der Waals surface area contributed by atoms with E-state index in [-0.39, 0.29) is 0 Å². The standard InChI is InChI=1S/C29H33N3/c1-3-4-11-22-12-5-7-14-25(22)21(2)32-29(27-16-9-10-17-28(27)30)31-20-24-13-6-8-15-26(24)23-18-19-23/h5-10,12-17,23H,2-4,11,18-20,30H2,1H3,(H,31,32). The molecule has 0 radical (unpaired) electrons. The van der Waals surface area contributed by atoms with E-state index in [0.29, 0.717) is 18.2 Å². The molecule has 0 unspecified atom stereocenters. The molecule has 3 aromatic rings. The van der Waals surface area contributed by atoms with Gasteiger partial charge in [-0.15, -0.1) is 0 Å². The first-order valence-corrected chi connectivity index (χ1v) is 11.7. The number of rotatable bonds is 9. The lowest BCUT2D eigenvalue weighted by atomic mass is 10.00. The van der Waals surface area contributed by atoms with Crippen molar-refractivity contribution in [2.75, 3.05) is 5.73 Å². The molecule has 0 amide bonds. The minimum absolute atomic E-state index is 0.619. The minimum Gasteiger partial charge on any atom is -0.398 e. The normalized spacial score (nSPS) is 13.7. The molecular weight excluding hydrogens is 390 g/mol. The molecular formula is C29H33N3. The van der Waals surface area contributed by atoms with E-state index in [1.165, 1.54) is 36.0 Å². The van der Waals surface area contributed by atoms with E-state index in [9.17, 15) is 0 Å². The summed E-state index contributed by atoms with van der Waals surface area (Å²) in [7, 11) is 0. The van der Waals surface area contributed by atoms with Gasteiger partial charge in [-0.05, 0) is 60.4 Å². The van der Waals surface area contributed by atoms with Gasteiger partial charge < -0.3 is 11.1 Å². The zero-order valence-corrected chi connectivity index (χ0v) is 19.0. The second-order valence-corrected chi connectivity index (χ2v) is 8.59. The van der Waals surface area contributed by atoms with E-state index in [4.69, 9.17) is 10.7 Å². The Labute approximate surface area is 192 Å². The summed E-state index contributed by atoms with van der Waals surface area (Å²) in [5.74, 6) is 1.46. The van der Waals surface area contributed by atoms with Gasteiger partial charge in [0.05, 0.1) is 6.54 Å². The van der Waals surface area contributed by atoms with Crippen LogP contribution in [-0.2, 0) is 13.0 Å². The van der Waals surface area contributed by atoms with Crippen molar-refractivity contribution in [1.29, 1.82) is 0 Å². The first kappa shape index (κ1) is 21.9. The third-order valence-corrected chi connectivity index (χ3v) is 6.11. The van der Waals surface area contributed by atoms with Crippen LogP contribution in [0.1, 0.15) is 66.3 Å². The average Bonchev–Trinajstić information content (AvgIpc) is 3.66. The van der Waals surface area contributed by atoms with Crippen molar-refractivity contribution in [2.45, 2.75) is 51.5 Å². The van der Waals surface area contributed by atoms with Gasteiger partial charge in [-0.1, -0.05) is 80.6 Å². The Bertz CT molecular complexity index is 1110. The molecule has 0 saturated heterocycles. The summed E-state index contributed by atoms with van der Waals surface area (Å²) in [5.41, 5.74) is 14.0. The van der Waals surface area contributed by atoms with E-state index in [0.717, 1.165) is 35.5 Å². The monoisotopic (exact) mass is 423 g/mol. The summed E-state index contributed by atoms with van der Waals surface area (Å²) in [6, 6.07) is 25.0. The molecule has 164 valence electrons. The molecule has 3 aromatic carbocycles. The van der Waals surface area contributed by atoms with Crippen molar-refractivity contribution in [3.8, 4) is 0 Å². The lowest BCUT2D eigenvalue weighted by molar-refractivity contribution is 0.793. The van der Waals surface area contributed by atoms with Crippen molar-refractivity contribution >= 4 is 17.2 Å². The first-order chi connectivity index (χ1) is 15.7. The predicted octanol–water partition coefficient (Wildman–Crippen LogP) is 6.70. The molecule has 32 heavy (non-hydrogen) atoms. The number of hydrogen-bond acceptors (Lipinski definition) is 2. The summed E-state index contributed by atoms with van der Waals surface area (Å²) in [6.07, 6.45) is 5.93. The summed E-state index contributed by atoms with van der Waals surface area (Å²) in [4.78, 5) is 5.02. The van der Waals surface area contributed by atoms with Crippen LogP contribution in [0.5, 0.6) is 0 Å². The van der Waals surface area contributed by atoms with Gasteiger partial charge in [-0.25, -0.2) is 0 Å². The summed E-state index contributed by atoms with van der Waals surface area (Å²) < 4.78 is 0. The summed E-state index contributed by atoms with van der Waals surface area (Å²) in [6.45, 7) is 7.21. The molecule has 1 aliphatic rings. The molecule has 3 heteroatoms. The fourth-order valence-electron chi connectivity index (χ4n) is 4.15. The Morgan fingerprint density at radius 1 is 0.938 bits per heavy atom. The molecule has 0 spiro atoms. The highest BCUT2D eigenvalue weighted by Gasteiger charge is 2.25. The number of nitrogens with two attached hydrogens (primary N) is 1. The van der Waals surface area contributed by atoms with Crippen LogP contribution in [-0.4, -0.2) is 5.84 Å². The molecule has 1 fully saturated rings. The Kier molecular flexibility index (Phi) is 7.06. The van der Waals surface area contributed by atoms with Crippen LogP contribution in [0.4, 0.5) is 5.69 Å². The van der Waals surface area contributed by atoms with Gasteiger partial charge >= 0.3 is 0 Å². The quantitative estimate of drug-likeness (QED) is 0.229. The zero-order valence-electron chi connectivity index (χ0n) is 19.0. The maximum atomic E-state index is 6.34. The third-order valence-electron chi connectivity index (χ3n) is 6.11. The fourth-order valence-corrected chi connectivity index (χ4v) is 4.15. The number of para-hydroxylation sites is 1. The van der Waals surface area contributed by atoms with E-state index in [2.05, 4.69) is 67.4 Å². The highest BCUT2D eigenvalue weighted by Crippen LogP contribution is 2.41. The molecule has 1 aliphatic carbocycles. The van der Waals surface area contributed by atoms with Crippen LogP contribution in [0.2, 0.25) is 0 Å². The lowest BCUT2D eigenvalue weighted by Gasteiger charge is -2.17. The third kappa shape index (κ3) is 5.28. The topological polar surface area (TPSA) is 50.4 Å². The molecule has 4 rings (SSSR count). The van der Waals surface area contributed by atoms with Crippen LogP contribution in [0.15, 0.2) is 84.4 Å². The van der Waals surface area contributed by atoms with Crippen LogP contribution in [0, 0.1) is 0 Å². The van der Waals surface area contributed by atoms with E-state index < -0.39 is 0 Å². The second-order valence-electron chi connectivity index (χ2n) is 8.59. The number of nitrogens with one attached hydrogen (secondary N) is 1. The van der Waals surface area contributed by atoms with Crippen LogP contribution >= 0.6 is 0 Å². The number of unbranched alkanes of at least 4 members (excludes halogenated alkanes) is 1. The SMILES string of the molecule is C=C(NC(=NCc1ccccc1C1CC1)c1ccccc1N)c1ccccc1CCCC. The molecule has 3 nitrogen and oxygen atoms in total. The molecule has 0 atom stereocenters. The Hall–Kier alpha value is -3.33. The number of aryl methyl sites for hydroxylation is 1. The second kappa shape index (κ2) is 10.3. The molecule has 1 saturated carbocycles. The highest BCUT2D eigenvalue weighted by molar-refractivity contribution is 6.06. The minimum atomic E-state index is 0.619. The van der Waals surface area contributed by atoms with Gasteiger partial charge in [0.1, 0.15) is 5.84 Å². The van der Waals surface area contributed by atoms with Gasteiger partial charge in [0, 0.05) is 22.5 Å². The van der Waals surface area contributed by atoms with Gasteiger partial charge in [0.15, 0.2) is 0 Å². The molecule has 0 heterocycles. The molecule has 0 aliphatic heterocycles. The molecule has 0 bridgehead atoms. The number of benzene rings is 3. The van der Waals surface area contributed by atoms with Crippen molar-refractivity contribution in [3.63, 3.8) is 0 Å². The van der Waals surface area contributed by atoms with Gasteiger partial charge in [0.25, 0.3) is 0 Å². The largest absolute Gasteiger partial charge is 0.398 e. The van der Waals surface area contributed by atoms with Crippen molar-refractivity contribution < 1.29 is 0 Å².